The minimum atomic E-state index is 0.292. The van der Waals surface area contributed by atoms with Gasteiger partial charge in [-0.3, -0.25) is 4.90 Å². The van der Waals surface area contributed by atoms with Crippen molar-refractivity contribution in [3.8, 4) is 6.07 Å². The fourth-order valence-electron chi connectivity index (χ4n) is 3.68. The number of rotatable bonds is 1. The molecule has 1 heterocycles. The minimum Gasteiger partial charge on any atom is -0.296 e. The van der Waals surface area contributed by atoms with Gasteiger partial charge in [-0.05, 0) is 38.0 Å². The van der Waals surface area contributed by atoms with E-state index in [0.717, 1.165) is 18.3 Å². The van der Waals surface area contributed by atoms with E-state index in [9.17, 15) is 5.26 Å². The number of hydrogen-bond donors (Lipinski definition) is 0. The minimum absolute atomic E-state index is 0.292. The van der Waals surface area contributed by atoms with Crippen molar-refractivity contribution in [2.24, 2.45) is 17.8 Å². The smallest absolute Gasteiger partial charge is 0.0672 e. The Morgan fingerprint density at radius 2 is 1.94 bits per heavy atom. The Kier molecular flexibility index (Phi) is 3.54. The van der Waals surface area contributed by atoms with Gasteiger partial charge in [0.25, 0.3) is 0 Å². The second-order valence-electron chi connectivity index (χ2n) is 5.99. The maximum atomic E-state index is 9.21. The lowest BCUT2D eigenvalue weighted by molar-refractivity contribution is 0.0332. The van der Waals surface area contributed by atoms with Crippen LogP contribution in [0.4, 0.5) is 0 Å². The second kappa shape index (κ2) is 4.75. The van der Waals surface area contributed by atoms with Crippen molar-refractivity contribution in [3.05, 3.63) is 0 Å². The van der Waals surface area contributed by atoms with Gasteiger partial charge in [-0.25, -0.2) is 0 Å². The predicted octanol–water partition coefficient (Wildman–Crippen LogP) is 3.05. The molecule has 1 saturated heterocycles. The topological polar surface area (TPSA) is 27.0 Å². The second-order valence-corrected chi connectivity index (χ2v) is 5.99. The summed E-state index contributed by atoms with van der Waals surface area (Å²) < 4.78 is 0. The fraction of sp³-hybridized carbons (Fsp3) is 0.929. The van der Waals surface area contributed by atoms with E-state index in [1.807, 2.05) is 0 Å². The van der Waals surface area contributed by atoms with Crippen molar-refractivity contribution in [1.82, 2.24) is 4.90 Å². The highest BCUT2D eigenvalue weighted by Crippen LogP contribution is 2.36. The van der Waals surface area contributed by atoms with Gasteiger partial charge in [0.2, 0.25) is 0 Å². The largest absolute Gasteiger partial charge is 0.296 e. The average Bonchev–Trinajstić information content (AvgIpc) is 2.71. The van der Waals surface area contributed by atoms with Crippen LogP contribution in [0.2, 0.25) is 0 Å². The lowest BCUT2D eigenvalue weighted by atomic mass is 9.84. The molecule has 16 heavy (non-hydrogen) atoms. The van der Waals surface area contributed by atoms with Crippen LogP contribution in [-0.4, -0.2) is 23.5 Å². The van der Waals surface area contributed by atoms with Crippen molar-refractivity contribution >= 4 is 0 Å². The number of piperidine rings is 1. The maximum Gasteiger partial charge on any atom is 0.0672 e. The van der Waals surface area contributed by atoms with Gasteiger partial charge in [0, 0.05) is 18.6 Å². The molecule has 90 valence electrons. The fourth-order valence-corrected chi connectivity index (χ4v) is 3.68. The lowest BCUT2D eigenvalue weighted by Gasteiger charge is -2.45. The molecule has 2 nitrogen and oxygen atoms in total. The Morgan fingerprint density at radius 3 is 2.62 bits per heavy atom. The van der Waals surface area contributed by atoms with E-state index in [0.29, 0.717) is 18.0 Å². The van der Waals surface area contributed by atoms with E-state index in [4.69, 9.17) is 0 Å². The van der Waals surface area contributed by atoms with E-state index in [2.05, 4.69) is 31.7 Å². The van der Waals surface area contributed by atoms with Crippen molar-refractivity contribution in [2.45, 2.75) is 58.5 Å². The molecule has 0 aromatic heterocycles. The van der Waals surface area contributed by atoms with Gasteiger partial charge < -0.3 is 0 Å². The molecule has 0 N–H and O–H groups in total. The number of likely N-dealkylation sites (tertiary alicyclic amines) is 1. The molecular weight excluding hydrogens is 196 g/mol. The van der Waals surface area contributed by atoms with Crippen molar-refractivity contribution in [3.63, 3.8) is 0 Å². The van der Waals surface area contributed by atoms with Crippen LogP contribution in [0.15, 0.2) is 0 Å². The number of nitriles is 1. The quantitative estimate of drug-likeness (QED) is 0.679. The highest BCUT2D eigenvalue weighted by atomic mass is 15.2. The Labute approximate surface area is 99.6 Å². The van der Waals surface area contributed by atoms with E-state index in [1.165, 1.54) is 25.8 Å². The summed E-state index contributed by atoms with van der Waals surface area (Å²) in [7, 11) is 0. The first kappa shape index (κ1) is 11.9. The molecule has 0 bridgehead atoms. The Hall–Kier alpha value is -0.550. The van der Waals surface area contributed by atoms with Gasteiger partial charge in [-0.15, -0.1) is 0 Å². The zero-order valence-electron chi connectivity index (χ0n) is 10.8. The highest BCUT2D eigenvalue weighted by molar-refractivity contribution is 5.00. The summed E-state index contributed by atoms with van der Waals surface area (Å²) in [6.45, 7) is 8.27. The third kappa shape index (κ3) is 2.11. The molecule has 2 heteroatoms. The Balaban J connectivity index is 2.10. The van der Waals surface area contributed by atoms with Gasteiger partial charge in [0.1, 0.15) is 0 Å². The van der Waals surface area contributed by atoms with Crippen LogP contribution in [-0.2, 0) is 0 Å². The van der Waals surface area contributed by atoms with E-state index in [1.54, 1.807) is 0 Å². The molecule has 0 spiro atoms. The van der Waals surface area contributed by atoms with Crippen LogP contribution in [0.1, 0.15) is 46.5 Å². The van der Waals surface area contributed by atoms with Gasteiger partial charge in [-0.1, -0.05) is 20.3 Å². The first-order valence-corrected chi connectivity index (χ1v) is 6.78. The van der Waals surface area contributed by atoms with E-state index < -0.39 is 0 Å². The molecule has 2 aliphatic rings. The molecule has 0 radical (unpaired) electrons. The first-order valence-electron chi connectivity index (χ1n) is 6.78. The van der Waals surface area contributed by atoms with Crippen LogP contribution < -0.4 is 0 Å². The summed E-state index contributed by atoms with van der Waals surface area (Å²) in [6, 6.07) is 3.73. The number of nitrogens with zero attached hydrogens (tertiary/aromatic N) is 2. The van der Waals surface area contributed by atoms with Gasteiger partial charge in [0.05, 0.1) is 12.0 Å². The van der Waals surface area contributed by atoms with Gasteiger partial charge in [-0.2, -0.15) is 5.26 Å². The van der Waals surface area contributed by atoms with Crippen molar-refractivity contribution < 1.29 is 0 Å². The molecule has 0 aromatic carbocycles. The Morgan fingerprint density at radius 1 is 1.19 bits per heavy atom. The number of hydrogen-bond acceptors (Lipinski definition) is 2. The maximum absolute atomic E-state index is 9.21. The van der Waals surface area contributed by atoms with Crippen LogP contribution in [0, 0.1) is 29.1 Å². The first-order chi connectivity index (χ1) is 7.63. The molecule has 1 saturated carbocycles. The van der Waals surface area contributed by atoms with Crippen LogP contribution >= 0.6 is 0 Å². The molecule has 0 aromatic rings. The predicted molar refractivity (Wildman–Crippen MR) is 65.9 cm³/mol. The summed E-state index contributed by atoms with van der Waals surface area (Å²) >= 11 is 0. The monoisotopic (exact) mass is 220 g/mol. The van der Waals surface area contributed by atoms with E-state index >= 15 is 0 Å². The average molecular weight is 220 g/mol. The highest BCUT2D eigenvalue weighted by Gasteiger charge is 2.38. The molecule has 2 fully saturated rings. The van der Waals surface area contributed by atoms with Crippen LogP contribution in [0.3, 0.4) is 0 Å². The van der Waals surface area contributed by atoms with E-state index in [-0.39, 0.29) is 0 Å². The van der Waals surface area contributed by atoms with Crippen molar-refractivity contribution in [1.29, 1.82) is 5.26 Å². The summed E-state index contributed by atoms with van der Waals surface area (Å²) in [4.78, 5) is 2.64. The molecular formula is C14H24N2. The normalized spacial score (nSPS) is 45.5. The summed E-state index contributed by atoms with van der Waals surface area (Å²) in [5, 5.41) is 9.21. The molecule has 1 aliphatic heterocycles. The third-order valence-electron chi connectivity index (χ3n) is 4.71. The molecule has 5 atom stereocenters. The lowest BCUT2D eigenvalue weighted by Crippen LogP contribution is -2.51. The molecule has 1 aliphatic carbocycles. The van der Waals surface area contributed by atoms with Crippen molar-refractivity contribution in [2.75, 3.05) is 6.54 Å². The van der Waals surface area contributed by atoms with Gasteiger partial charge in [0.15, 0.2) is 0 Å². The zero-order chi connectivity index (χ0) is 11.7. The summed E-state index contributed by atoms with van der Waals surface area (Å²) in [5.74, 6) is 1.87. The summed E-state index contributed by atoms with van der Waals surface area (Å²) in [5.41, 5.74) is 0. The Bertz CT molecular complexity index is 281. The summed E-state index contributed by atoms with van der Waals surface area (Å²) in [6.07, 6.45) is 4.95. The standard InChI is InChI=1S/C14H24N2/c1-10-7-11(2)12(3)16(9-10)14-6-4-5-13(14)8-15/h10-14H,4-7,9H2,1-3H3. The molecule has 5 unspecified atom stereocenters. The SMILES string of the molecule is CC1CC(C)C(C)N(C2CCCC2C#N)C1. The zero-order valence-corrected chi connectivity index (χ0v) is 10.8. The van der Waals surface area contributed by atoms with Gasteiger partial charge >= 0.3 is 0 Å². The third-order valence-corrected chi connectivity index (χ3v) is 4.71. The molecule has 0 amide bonds. The molecule has 2 rings (SSSR count). The van der Waals surface area contributed by atoms with Crippen LogP contribution in [0.25, 0.3) is 0 Å². The van der Waals surface area contributed by atoms with Crippen LogP contribution in [0.5, 0.6) is 0 Å².